The monoisotopic (exact) mass is 452 g/mol. The van der Waals surface area contributed by atoms with Crippen molar-refractivity contribution in [1.29, 1.82) is 0 Å². The van der Waals surface area contributed by atoms with Crippen LogP contribution in [0, 0.1) is 0 Å². The number of nitrogens with one attached hydrogen (secondary N) is 1. The van der Waals surface area contributed by atoms with Crippen molar-refractivity contribution in [2.75, 3.05) is 26.2 Å². The van der Waals surface area contributed by atoms with Crippen LogP contribution < -0.4 is 5.32 Å². The summed E-state index contributed by atoms with van der Waals surface area (Å²) in [5, 5.41) is 12.7. The van der Waals surface area contributed by atoms with Gasteiger partial charge in [0.2, 0.25) is 0 Å². The lowest BCUT2D eigenvalue weighted by Gasteiger charge is -2.36. The Morgan fingerprint density at radius 1 is 1.14 bits per heavy atom. The lowest BCUT2D eigenvalue weighted by molar-refractivity contribution is -0.187. The minimum Gasteiger partial charge on any atom is -0.506 e. The minimum absolute atomic E-state index is 0. The van der Waals surface area contributed by atoms with E-state index in [4.69, 9.17) is 0 Å². The van der Waals surface area contributed by atoms with Gasteiger partial charge in [0.05, 0.1) is 8.95 Å². The molecule has 0 amide bonds. The molecule has 1 fully saturated rings. The van der Waals surface area contributed by atoms with Gasteiger partial charge in [-0.05, 0) is 49.6 Å². The van der Waals surface area contributed by atoms with Crippen LogP contribution in [0.25, 0.3) is 0 Å². The normalized spacial score (nSPS) is 18.1. The van der Waals surface area contributed by atoms with Crippen molar-refractivity contribution in [2.45, 2.75) is 12.2 Å². The van der Waals surface area contributed by atoms with E-state index in [1.165, 1.54) is 17.0 Å². The van der Waals surface area contributed by atoms with E-state index in [-0.39, 0.29) is 32.7 Å². The van der Waals surface area contributed by atoms with Gasteiger partial charge in [0, 0.05) is 26.2 Å². The highest BCUT2D eigenvalue weighted by Gasteiger charge is 2.45. The topological polar surface area (TPSA) is 35.5 Å². The third kappa shape index (κ3) is 4.48. The number of phenolic OH excluding ortho intramolecular Hbond substituents is 1. The number of aromatic hydroxyl groups is 1. The number of nitrogens with zero attached hydrogens (tertiary/aromatic N) is 1. The summed E-state index contributed by atoms with van der Waals surface area (Å²) < 4.78 is 40.7. The van der Waals surface area contributed by atoms with Crippen LogP contribution in [0.2, 0.25) is 0 Å². The van der Waals surface area contributed by atoms with Crippen LogP contribution in [-0.2, 0) is 0 Å². The predicted molar refractivity (Wildman–Crippen MR) is 84.0 cm³/mol. The second kappa shape index (κ2) is 7.50. The summed E-state index contributed by atoms with van der Waals surface area (Å²) >= 11 is 6.16. The van der Waals surface area contributed by atoms with Gasteiger partial charge in [-0.1, -0.05) is 0 Å². The molecule has 120 valence electrons. The Kier molecular flexibility index (Phi) is 6.80. The number of phenols is 1. The maximum atomic E-state index is 13.4. The van der Waals surface area contributed by atoms with Gasteiger partial charge in [-0.2, -0.15) is 13.2 Å². The van der Waals surface area contributed by atoms with Crippen LogP contribution in [-0.4, -0.2) is 42.4 Å². The molecule has 1 heterocycles. The van der Waals surface area contributed by atoms with Crippen LogP contribution >= 0.6 is 44.3 Å². The molecule has 1 aliphatic rings. The van der Waals surface area contributed by atoms with Gasteiger partial charge < -0.3 is 10.4 Å². The summed E-state index contributed by atoms with van der Waals surface area (Å²) in [7, 11) is 0. The highest BCUT2D eigenvalue weighted by molar-refractivity contribution is 9.11. The van der Waals surface area contributed by atoms with Crippen molar-refractivity contribution in [2.24, 2.45) is 0 Å². The molecule has 3 nitrogen and oxygen atoms in total. The van der Waals surface area contributed by atoms with Crippen LogP contribution in [0.5, 0.6) is 5.75 Å². The smallest absolute Gasteiger partial charge is 0.408 e. The number of rotatable bonds is 2. The van der Waals surface area contributed by atoms with E-state index < -0.39 is 12.2 Å². The van der Waals surface area contributed by atoms with Crippen molar-refractivity contribution in [1.82, 2.24) is 10.2 Å². The summed E-state index contributed by atoms with van der Waals surface area (Å²) in [5.41, 5.74) is 0.107. The van der Waals surface area contributed by atoms with Crippen LogP contribution in [0.3, 0.4) is 0 Å². The molecular weight excluding hydrogens is 440 g/mol. The first-order chi connectivity index (χ1) is 9.30. The van der Waals surface area contributed by atoms with E-state index in [2.05, 4.69) is 37.2 Å². The van der Waals surface area contributed by atoms with Gasteiger partial charge in [0.25, 0.3) is 0 Å². The minimum atomic E-state index is -4.37. The van der Waals surface area contributed by atoms with Gasteiger partial charge >= 0.3 is 6.18 Å². The van der Waals surface area contributed by atoms with Crippen molar-refractivity contribution < 1.29 is 18.3 Å². The fourth-order valence-corrected chi connectivity index (χ4v) is 3.51. The lowest BCUT2D eigenvalue weighted by atomic mass is 10.0. The van der Waals surface area contributed by atoms with Crippen LogP contribution in [0.1, 0.15) is 11.6 Å². The molecule has 1 saturated heterocycles. The third-order valence-electron chi connectivity index (χ3n) is 3.18. The molecule has 2 rings (SSSR count). The van der Waals surface area contributed by atoms with E-state index in [9.17, 15) is 18.3 Å². The number of hydrogen-bond acceptors (Lipinski definition) is 3. The Balaban J connectivity index is 0.00000220. The maximum Gasteiger partial charge on any atom is 0.408 e. The fraction of sp³-hybridized carbons (Fsp3) is 0.500. The molecule has 0 aliphatic carbocycles. The first kappa shape index (κ1) is 19.0. The van der Waals surface area contributed by atoms with Gasteiger partial charge in [0.1, 0.15) is 11.8 Å². The summed E-state index contributed by atoms with van der Waals surface area (Å²) in [5.74, 6) is -0.102. The van der Waals surface area contributed by atoms with E-state index in [1.54, 1.807) is 0 Å². The van der Waals surface area contributed by atoms with Gasteiger partial charge in [-0.3, -0.25) is 4.90 Å². The molecule has 1 atom stereocenters. The van der Waals surface area contributed by atoms with E-state index in [0.717, 1.165) is 0 Å². The zero-order chi connectivity index (χ0) is 14.9. The third-order valence-corrected chi connectivity index (χ3v) is 4.39. The zero-order valence-electron chi connectivity index (χ0n) is 10.8. The number of alkyl halides is 3. The van der Waals surface area contributed by atoms with Crippen LogP contribution in [0.15, 0.2) is 21.1 Å². The standard InChI is InChI=1S/C12H13Br2F3N2O.ClH/c13-8-5-7(6-9(14)10(8)20)11(12(15,16)17)19-3-1-18-2-4-19;/h5-6,11,18,20H,1-4H2;1H/t11-;/m0./s1. The number of piperazine rings is 1. The second-order valence-corrected chi connectivity index (χ2v) is 6.27. The SMILES string of the molecule is Cl.Oc1c(Br)cc([C@H](N2CCNCC2)C(F)(F)F)cc1Br. The van der Waals surface area contributed by atoms with Gasteiger partial charge in [0.15, 0.2) is 0 Å². The van der Waals surface area contributed by atoms with E-state index in [0.29, 0.717) is 26.2 Å². The first-order valence-corrected chi connectivity index (χ1v) is 7.58. The van der Waals surface area contributed by atoms with Crippen molar-refractivity contribution in [3.63, 3.8) is 0 Å². The highest BCUT2D eigenvalue weighted by atomic mass is 79.9. The number of halogens is 6. The Labute approximate surface area is 143 Å². The molecule has 0 radical (unpaired) electrons. The molecule has 2 N–H and O–H groups in total. The molecule has 21 heavy (non-hydrogen) atoms. The Morgan fingerprint density at radius 2 is 1.62 bits per heavy atom. The average Bonchev–Trinajstić information content (AvgIpc) is 2.35. The molecule has 0 spiro atoms. The molecule has 1 aromatic rings. The quantitative estimate of drug-likeness (QED) is 0.713. The predicted octanol–water partition coefficient (Wildman–Crippen LogP) is 3.85. The van der Waals surface area contributed by atoms with Crippen LogP contribution in [0.4, 0.5) is 13.2 Å². The fourth-order valence-electron chi connectivity index (χ4n) is 2.29. The highest BCUT2D eigenvalue weighted by Crippen LogP contribution is 2.42. The first-order valence-electron chi connectivity index (χ1n) is 6.00. The van der Waals surface area contributed by atoms with E-state index >= 15 is 0 Å². The Hall–Kier alpha value is -0.0200. The molecule has 0 aromatic heterocycles. The summed E-state index contributed by atoms with van der Waals surface area (Å²) in [4.78, 5) is 1.40. The number of hydrogen-bond donors (Lipinski definition) is 2. The number of benzene rings is 1. The lowest BCUT2D eigenvalue weighted by Crippen LogP contribution is -2.49. The summed E-state index contributed by atoms with van der Waals surface area (Å²) in [6, 6.07) is 0.971. The molecule has 0 saturated carbocycles. The average molecular weight is 455 g/mol. The molecule has 0 unspecified atom stereocenters. The molecule has 0 bridgehead atoms. The Bertz CT molecular complexity index is 473. The summed E-state index contributed by atoms with van der Waals surface area (Å²) in [6.07, 6.45) is -4.37. The molecule has 1 aromatic carbocycles. The largest absolute Gasteiger partial charge is 0.506 e. The zero-order valence-corrected chi connectivity index (χ0v) is 14.7. The Morgan fingerprint density at radius 3 is 2.05 bits per heavy atom. The molecule has 9 heteroatoms. The van der Waals surface area contributed by atoms with Crippen molar-refractivity contribution in [3.05, 3.63) is 26.6 Å². The maximum absolute atomic E-state index is 13.4. The second-order valence-electron chi connectivity index (χ2n) is 4.56. The van der Waals surface area contributed by atoms with Crippen molar-refractivity contribution >= 4 is 44.3 Å². The molecular formula is C12H14Br2ClF3N2O. The van der Waals surface area contributed by atoms with Gasteiger partial charge in [-0.25, -0.2) is 0 Å². The van der Waals surface area contributed by atoms with Crippen molar-refractivity contribution in [3.8, 4) is 5.75 Å². The molecule has 1 aliphatic heterocycles. The van der Waals surface area contributed by atoms with E-state index in [1.807, 2.05) is 0 Å². The van der Waals surface area contributed by atoms with Gasteiger partial charge in [-0.15, -0.1) is 12.4 Å². The summed E-state index contributed by atoms with van der Waals surface area (Å²) in [6.45, 7) is 1.74.